The molecule has 1 saturated carbocycles. The molecule has 2 fully saturated rings. The van der Waals surface area contributed by atoms with Crippen LogP contribution >= 0.6 is 0 Å². The molecule has 1 aliphatic heterocycles. The lowest BCUT2D eigenvalue weighted by atomic mass is 9.95. The average molecular weight is 331 g/mol. The number of nitrogens with zero attached hydrogens (tertiary/aromatic N) is 2. The standard InChI is InChI=1S/C18H25N3O3/c1-12(22)20(2)16-7-5-15(6-8-16)19-17(23)11-21-9-13-3-4-14(10-21)18(13)24/h5-8,13-14,18,24H,3-4,9-11H2,1-2H3,(H,19,23)/t13-,14+,18?. The summed E-state index contributed by atoms with van der Waals surface area (Å²) in [5.74, 6) is 0.558. The summed E-state index contributed by atoms with van der Waals surface area (Å²) in [5.41, 5.74) is 1.52. The lowest BCUT2D eigenvalue weighted by Crippen LogP contribution is -2.47. The smallest absolute Gasteiger partial charge is 0.238 e. The van der Waals surface area contributed by atoms with Gasteiger partial charge >= 0.3 is 0 Å². The second-order valence-corrected chi connectivity index (χ2v) is 6.96. The molecule has 24 heavy (non-hydrogen) atoms. The predicted molar refractivity (Wildman–Crippen MR) is 92.8 cm³/mol. The second-order valence-electron chi connectivity index (χ2n) is 6.96. The molecule has 2 amide bonds. The Bertz CT molecular complexity index is 602. The van der Waals surface area contributed by atoms with Crippen molar-refractivity contribution in [2.75, 3.05) is 36.9 Å². The summed E-state index contributed by atoms with van der Waals surface area (Å²) in [7, 11) is 1.72. The molecule has 0 radical (unpaired) electrons. The lowest BCUT2D eigenvalue weighted by Gasteiger charge is -2.34. The van der Waals surface area contributed by atoms with Crippen LogP contribution in [0.3, 0.4) is 0 Å². The summed E-state index contributed by atoms with van der Waals surface area (Å²) >= 11 is 0. The maximum atomic E-state index is 12.2. The van der Waals surface area contributed by atoms with E-state index in [1.165, 1.54) is 6.92 Å². The van der Waals surface area contributed by atoms with Crippen molar-refractivity contribution in [3.05, 3.63) is 24.3 Å². The zero-order valence-electron chi connectivity index (χ0n) is 14.2. The van der Waals surface area contributed by atoms with E-state index in [4.69, 9.17) is 0 Å². The molecular weight excluding hydrogens is 306 g/mol. The number of benzene rings is 1. The number of likely N-dealkylation sites (tertiary alicyclic amines) is 1. The number of hydrogen-bond acceptors (Lipinski definition) is 4. The molecule has 0 aromatic heterocycles. The van der Waals surface area contributed by atoms with Crippen LogP contribution in [0.4, 0.5) is 11.4 Å². The van der Waals surface area contributed by atoms with Crippen molar-refractivity contribution in [2.24, 2.45) is 11.8 Å². The van der Waals surface area contributed by atoms with E-state index in [0.717, 1.165) is 37.3 Å². The van der Waals surface area contributed by atoms with Crippen molar-refractivity contribution in [3.8, 4) is 0 Å². The van der Waals surface area contributed by atoms with Gasteiger partial charge in [-0.25, -0.2) is 0 Å². The monoisotopic (exact) mass is 331 g/mol. The molecule has 6 nitrogen and oxygen atoms in total. The Balaban J connectivity index is 1.53. The summed E-state index contributed by atoms with van der Waals surface area (Å²) in [6.07, 6.45) is 1.94. The van der Waals surface area contributed by atoms with Crippen LogP contribution < -0.4 is 10.2 Å². The number of hydrogen-bond donors (Lipinski definition) is 2. The van der Waals surface area contributed by atoms with Crippen LogP contribution in [-0.4, -0.2) is 54.6 Å². The fraction of sp³-hybridized carbons (Fsp3) is 0.556. The first-order chi connectivity index (χ1) is 11.4. The van der Waals surface area contributed by atoms with Gasteiger partial charge in [-0.3, -0.25) is 14.5 Å². The third-order valence-electron chi connectivity index (χ3n) is 5.24. The van der Waals surface area contributed by atoms with Crippen molar-refractivity contribution in [2.45, 2.75) is 25.9 Å². The highest BCUT2D eigenvalue weighted by Crippen LogP contribution is 2.36. The molecule has 130 valence electrons. The van der Waals surface area contributed by atoms with E-state index in [1.54, 1.807) is 24.1 Å². The molecular formula is C18H25N3O3. The van der Waals surface area contributed by atoms with E-state index in [2.05, 4.69) is 10.2 Å². The summed E-state index contributed by atoms with van der Waals surface area (Å²) in [4.78, 5) is 27.3. The van der Waals surface area contributed by atoms with E-state index in [0.29, 0.717) is 18.4 Å². The minimum Gasteiger partial charge on any atom is -0.392 e. The highest BCUT2D eigenvalue weighted by atomic mass is 16.3. The summed E-state index contributed by atoms with van der Waals surface area (Å²) in [6.45, 7) is 3.47. The van der Waals surface area contributed by atoms with Crippen LogP contribution in [0.15, 0.2) is 24.3 Å². The van der Waals surface area contributed by atoms with Crippen molar-refractivity contribution >= 4 is 23.2 Å². The average Bonchev–Trinajstić information content (AvgIpc) is 2.76. The Kier molecular flexibility index (Phi) is 4.87. The van der Waals surface area contributed by atoms with Gasteiger partial charge in [-0.2, -0.15) is 0 Å². The molecule has 3 rings (SSSR count). The van der Waals surface area contributed by atoms with Crippen LogP contribution in [0.2, 0.25) is 0 Å². The number of aliphatic hydroxyl groups is 1. The predicted octanol–water partition coefficient (Wildman–Crippen LogP) is 1.31. The van der Waals surface area contributed by atoms with Crippen molar-refractivity contribution in [1.82, 2.24) is 4.90 Å². The second kappa shape index (κ2) is 6.91. The first kappa shape index (κ1) is 16.9. The number of piperidine rings is 1. The van der Waals surface area contributed by atoms with Gasteiger partial charge in [0.25, 0.3) is 0 Å². The number of rotatable bonds is 4. The summed E-state index contributed by atoms with van der Waals surface area (Å²) in [5, 5.41) is 12.9. The third-order valence-corrected chi connectivity index (χ3v) is 5.24. The molecule has 1 unspecified atom stereocenters. The van der Waals surface area contributed by atoms with Crippen LogP contribution in [0.5, 0.6) is 0 Å². The highest BCUT2D eigenvalue weighted by Gasteiger charge is 2.41. The first-order valence-electron chi connectivity index (χ1n) is 8.48. The zero-order valence-corrected chi connectivity index (χ0v) is 14.2. The number of anilines is 2. The van der Waals surface area contributed by atoms with Crippen molar-refractivity contribution < 1.29 is 14.7 Å². The largest absolute Gasteiger partial charge is 0.392 e. The molecule has 1 aromatic carbocycles. The Morgan fingerprint density at radius 2 is 1.79 bits per heavy atom. The Morgan fingerprint density at radius 3 is 2.33 bits per heavy atom. The van der Waals surface area contributed by atoms with Gasteiger partial charge in [-0.05, 0) is 48.9 Å². The van der Waals surface area contributed by atoms with Gasteiger partial charge in [-0.1, -0.05) is 0 Å². The van der Waals surface area contributed by atoms with E-state index >= 15 is 0 Å². The van der Waals surface area contributed by atoms with Gasteiger partial charge in [0.15, 0.2) is 0 Å². The third kappa shape index (κ3) is 3.60. The number of aliphatic hydroxyl groups excluding tert-OH is 1. The first-order valence-corrected chi connectivity index (χ1v) is 8.48. The fourth-order valence-electron chi connectivity index (χ4n) is 3.77. The Hall–Kier alpha value is -1.92. The molecule has 1 heterocycles. The molecule has 6 heteroatoms. The van der Waals surface area contributed by atoms with Crippen LogP contribution in [0.25, 0.3) is 0 Å². The number of fused-ring (bicyclic) bond motifs is 2. The van der Waals surface area contributed by atoms with E-state index in [1.807, 2.05) is 12.1 Å². The number of carbonyl (C=O) groups excluding carboxylic acids is 2. The molecule has 0 spiro atoms. The van der Waals surface area contributed by atoms with Crippen molar-refractivity contribution in [1.29, 1.82) is 0 Å². The summed E-state index contributed by atoms with van der Waals surface area (Å²) in [6, 6.07) is 7.23. The van der Waals surface area contributed by atoms with Gasteiger partial charge < -0.3 is 15.3 Å². The maximum Gasteiger partial charge on any atom is 0.238 e. The van der Waals surface area contributed by atoms with Crippen molar-refractivity contribution in [3.63, 3.8) is 0 Å². The summed E-state index contributed by atoms with van der Waals surface area (Å²) < 4.78 is 0. The van der Waals surface area contributed by atoms with Gasteiger partial charge in [0.1, 0.15) is 0 Å². The van der Waals surface area contributed by atoms with Gasteiger partial charge in [-0.15, -0.1) is 0 Å². The van der Waals surface area contributed by atoms with Crippen LogP contribution in [0, 0.1) is 11.8 Å². The minimum absolute atomic E-state index is 0.0336. The molecule has 1 aromatic rings. The maximum absolute atomic E-state index is 12.2. The zero-order chi connectivity index (χ0) is 17.3. The SMILES string of the molecule is CC(=O)N(C)c1ccc(NC(=O)CN2C[C@H]3CC[C@@H](C2)C3O)cc1. The number of carbonyl (C=O) groups is 2. The minimum atomic E-state index is -0.185. The molecule has 1 aliphatic carbocycles. The molecule has 2 aliphatic rings. The number of nitrogens with one attached hydrogen (secondary N) is 1. The Labute approximate surface area is 142 Å². The quantitative estimate of drug-likeness (QED) is 0.872. The normalized spacial score (nSPS) is 26.2. The lowest BCUT2D eigenvalue weighted by molar-refractivity contribution is -0.118. The van der Waals surface area contributed by atoms with E-state index in [9.17, 15) is 14.7 Å². The van der Waals surface area contributed by atoms with E-state index < -0.39 is 0 Å². The van der Waals surface area contributed by atoms with Crippen LogP contribution in [-0.2, 0) is 9.59 Å². The van der Waals surface area contributed by atoms with Gasteiger partial charge in [0.2, 0.25) is 11.8 Å². The topological polar surface area (TPSA) is 72.9 Å². The van der Waals surface area contributed by atoms with E-state index in [-0.39, 0.29) is 17.9 Å². The highest BCUT2D eigenvalue weighted by molar-refractivity contribution is 5.93. The molecule has 2 N–H and O–H groups in total. The van der Waals surface area contributed by atoms with Gasteiger partial charge in [0.05, 0.1) is 12.6 Å². The molecule has 2 bridgehead atoms. The molecule has 3 atom stereocenters. The van der Waals surface area contributed by atoms with Crippen LogP contribution in [0.1, 0.15) is 19.8 Å². The number of amides is 2. The fourth-order valence-corrected chi connectivity index (χ4v) is 3.77. The van der Waals surface area contributed by atoms with Gasteiger partial charge in [0, 0.05) is 38.4 Å². The Morgan fingerprint density at radius 1 is 1.21 bits per heavy atom. The molecule has 1 saturated heterocycles.